The second kappa shape index (κ2) is 8.78. The summed E-state index contributed by atoms with van der Waals surface area (Å²) in [5.41, 5.74) is 1.14. The molecule has 0 radical (unpaired) electrons. The second-order valence-electron chi connectivity index (χ2n) is 8.61. The van der Waals surface area contributed by atoms with E-state index in [1.165, 1.54) is 17.0 Å². The first-order chi connectivity index (χ1) is 16.5. The van der Waals surface area contributed by atoms with Crippen LogP contribution in [0.4, 0.5) is 11.4 Å². The number of ether oxygens (including phenoxy) is 2. The molecule has 8 nitrogen and oxygen atoms in total. The van der Waals surface area contributed by atoms with Crippen molar-refractivity contribution >= 4 is 35.1 Å². The Kier molecular flexibility index (Phi) is 5.65. The van der Waals surface area contributed by atoms with E-state index in [0.717, 1.165) is 6.42 Å². The first-order valence-corrected chi connectivity index (χ1v) is 11.3. The number of para-hydroxylation sites is 2. The van der Waals surface area contributed by atoms with Crippen molar-refractivity contribution in [1.29, 1.82) is 0 Å². The number of hydrogen-bond donors (Lipinski definition) is 1. The van der Waals surface area contributed by atoms with Crippen LogP contribution in [0.25, 0.3) is 0 Å². The summed E-state index contributed by atoms with van der Waals surface area (Å²) in [5.74, 6) is -1.29. The highest BCUT2D eigenvalue weighted by Crippen LogP contribution is 2.53. The lowest BCUT2D eigenvalue weighted by molar-refractivity contribution is -0.123. The zero-order valence-electron chi connectivity index (χ0n) is 18.6. The molecule has 2 aromatic carbocycles. The molecule has 4 atom stereocenters. The number of carbonyl (C=O) groups excluding carboxylic acids is 4. The van der Waals surface area contributed by atoms with E-state index in [0.29, 0.717) is 23.7 Å². The van der Waals surface area contributed by atoms with E-state index in [2.05, 4.69) is 5.32 Å². The van der Waals surface area contributed by atoms with Crippen molar-refractivity contribution in [3.63, 3.8) is 0 Å². The quantitative estimate of drug-likeness (QED) is 0.387. The molecule has 3 amide bonds. The van der Waals surface area contributed by atoms with Gasteiger partial charge in [-0.15, -0.1) is 0 Å². The van der Waals surface area contributed by atoms with Crippen molar-refractivity contribution in [3.8, 4) is 5.75 Å². The van der Waals surface area contributed by atoms with Gasteiger partial charge in [0, 0.05) is 0 Å². The molecule has 2 aliphatic carbocycles. The molecule has 1 saturated carbocycles. The summed E-state index contributed by atoms with van der Waals surface area (Å²) >= 11 is 0. The number of esters is 1. The van der Waals surface area contributed by atoms with Gasteiger partial charge < -0.3 is 14.8 Å². The number of nitrogens with one attached hydrogen (secondary N) is 1. The molecule has 1 aliphatic heterocycles. The molecule has 3 aliphatic rings. The van der Waals surface area contributed by atoms with Gasteiger partial charge in [-0.1, -0.05) is 24.3 Å². The lowest BCUT2D eigenvalue weighted by Crippen LogP contribution is -2.32. The summed E-state index contributed by atoms with van der Waals surface area (Å²) < 4.78 is 10.6. The fraction of sp³-hybridized carbons (Fsp3) is 0.308. The Bertz CT molecular complexity index is 1160. The van der Waals surface area contributed by atoms with E-state index in [-0.39, 0.29) is 41.0 Å². The molecule has 34 heavy (non-hydrogen) atoms. The van der Waals surface area contributed by atoms with Gasteiger partial charge in [-0.3, -0.25) is 19.3 Å². The number of hydrogen-bond acceptors (Lipinski definition) is 6. The Balaban J connectivity index is 1.19. The fourth-order valence-electron chi connectivity index (χ4n) is 5.16. The van der Waals surface area contributed by atoms with Crippen LogP contribution < -0.4 is 15.0 Å². The van der Waals surface area contributed by atoms with E-state index in [1.807, 2.05) is 19.1 Å². The Hall–Kier alpha value is -3.94. The zero-order valence-corrected chi connectivity index (χ0v) is 18.6. The number of anilines is 2. The van der Waals surface area contributed by atoms with E-state index < -0.39 is 18.5 Å². The minimum Gasteiger partial charge on any atom is -0.492 e. The highest BCUT2D eigenvalue weighted by molar-refractivity contribution is 6.22. The predicted molar refractivity (Wildman–Crippen MR) is 123 cm³/mol. The summed E-state index contributed by atoms with van der Waals surface area (Å²) in [6, 6.07) is 13.1. The summed E-state index contributed by atoms with van der Waals surface area (Å²) in [5, 5.41) is 2.66. The zero-order chi connectivity index (χ0) is 23.8. The van der Waals surface area contributed by atoms with Crippen LogP contribution in [0.1, 0.15) is 23.7 Å². The number of nitrogens with zero attached hydrogens (tertiary/aromatic N) is 1. The number of imide groups is 1. The Labute approximate surface area is 196 Å². The molecule has 2 bridgehead atoms. The van der Waals surface area contributed by atoms with E-state index in [9.17, 15) is 19.2 Å². The number of benzene rings is 2. The highest BCUT2D eigenvalue weighted by atomic mass is 16.5. The smallest absolute Gasteiger partial charge is 0.338 e. The van der Waals surface area contributed by atoms with Gasteiger partial charge in [-0.2, -0.15) is 0 Å². The van der Waals surface area contributed by atoms with Crippen LogP contribution in [0.3, 0.4) is 0 Å². The Morgan fingerprint density at radius 2 is 1.62 bits per heavy atom. The molecule has 0 unspecified atom stereocenters. The molecule has 0 aromatic heterocycles. The SMILES string of the molecule is CCOc1ccccc1NC(=O)COC(=O)c1ccc(N2C(=O)[C@@H]3[C@@H](C2=O)[C@H]2C=C[C@H]3C2)cc1. The minimum absolute atomic E-state index is 0.136. The molecule has 1 saturated heterocycles. The Morgan fingerprint density at radius 1 is 0.971 bits per heavy atom. The maximum Gasteiger partial charge on any atom is 0.338 e. The highest BCUT2D eigenvalue weighted by Gasteiger charge is 2.59. The predicted octanol–water partition coefficient (Wildman–Crippen LogP) is 3.19. The molecule has 1 N–H and O–H groups in total. The lowest BCUT2D eigenvalue weighted by atomic mass is 9.85. The normalized spacial score (nSPS) is 24.3. The molecular weight excluding hydrogens is 436 g/mol. The van der Waals surface area contributed by atoms with Gasteiger partial charge in [0.05, 0.1) is 35.4 Å². The van der Waals surface area contributed by atoms with Gasteiger partial charge >= 0.3 is 5.97 Å². The van der Waals surface area contributed by atoms with Crippen LogP contribution in [-0.4, -0.2) is 36.9 Å². The third-order valence-electron chi connectivity index (χ3n) is 6.63. The van der Waals surface area contributed by atoms with Crippen molar-refractivity contribution in [1.82, 2.24) is 0 Å². The number of rotatable bonds is 7. The number of amides is 3. The standard InChI is InChI=1S/C26H24N2O6/c1-2-33-20-6-4-3-5-19(20)27-21(29)14-34-26(32)15-9-11-18(12-10-15)28-24(30)22-16-7-8-17(13-16)23(22)25(28)31/h3-12,16-17,22-23H,2,13-14H2,1H3,(H,27,29)/t16-,17-,22-,23-/m0/s1. The van der Waals surface area contributed by atoms with E-state index in [4.69, 9.17) is 9.47 Å². The van der Waals surface area contributed by atoms with Gasteiger partial charge in [0.15, 0.2) is 6.61 Å². The van der Waals surface area contributed by atoms with Crippen molar-refractivity contribution in [2.75, 3.05) is 23.4 Å². The van der Waals surface area contributed by atoms with Gasteiger partial charge in [0.1, 0.15) is 5.75 Å². The van der Waals surface area contributed by atoms with Crippen LogP contribution in [0.15, 0.2) is 60.7 Å². The van der Waals surface area contributed by atoms with Crippen molar-refractivity contribution in [3.05, 3.63) is 66.2 Å². The summed E-state index contributed by atoms with van der Waals surface area (Å²) in [4.78, 5) is 51.7. The van der Waals surface area contributed by atoms with Gasteiger partial charge in [-0.05, 0) is 61.6 Å². The van der Waals surface area contributed by atoms with E-state index in [1.54, 1.807) is 36.4 Å². The average Bonchev–Trinajstić information content (AvgIpc) is 3.53. The molecule has 8 heteroatoms. The minimum atomic E-state index is -0.682. The third-order valence-corrected chi connectivity index (χ3v) is 6.63. The van der Waals surface area contributed by atoms with Gasteiger partial charge in [0.25, 0.3) is 5.91 Å². The average molecular weight is 460 g/mol. The van der Waals surface area contributed by atoms with Crippen molar-refractivity contribution in [2.45, 2.75) is 13.3 Å². The first kappa shape index (κ1) is 21.9. The number of carbonyl (C=O) groups is 4. The summed E-state index contributed by atoms with van der Waals surface area (Å²) in [6.45, 7) is 1.82. The topological polar surface area (TPSA) is 102 Å². The third kappa shape index (κ3) is 3.75. The largest absolute Gasteiger partial charge is 0.492 e. The van der Waals surface area contributed by atoms with E-state index >= 15 is 0 Å². The maximum atomic E-state index is 12.9. The maximum absolute atomic E-state index is 12.9. The van der Waals surface area contributed by atoms with Gasteiger partial charge in [-0.25, -0.2) is 4.79 Å². The molecular formula is C26H24N2O6. The molecule has 174 valence electrons. The fourth-order valence-corrected chi connectivity index (χ4v) is 5.16. The Morgan fingerprint density at radius 3 is 2.26 bits per heavy atom. The van der Waals surface area contributed by atoms with Crippen LogP contribution in [0.5, 0.6) is 5.75 Å². The van der Waals surface area contributed by atoms with Crippen LogP contribution in [-0.2, 0) is 19.1 Å². The molecule has 1 heterocycles. The second-order valence-corrected chi connectivity index (χ2v) is 8.61. The summed E-state index contributed by atoms with van der Waals surface area (Å²) in [6.07, 6.45) is 4.96. The monoisotopic (exact) mass is 460 g/mol. The number of allylic oxidation sites excluding steroid dienone is 2. The number of fused-ring (bicyclic) bond motifs is 5. The summed E-state index contributed by atoms with van der Waals surface area (Å²) in [7, 11) is 0. The van der Waals surface area contributed by atoms with Crippen molar-refractivity contribution in [2.24, 2.45) is 23.7 Å². The first-order valence-electron chi connectivity index (χ1n) is 11.3. The van der Waals surface area contributed by atoms with Crippen LogP contribution >= 0.6 is 0 Å². The molecule has 2 fully saturated rings. The van der Waals surface area contributed by atoms with Crippen LogP contribution in [0.2, 0.25) is 0 Å². The molecule has 2 aromatic rings. The molecule has 0 spiro atoms. The molecule has 5 rings (SSSR count). The lowest BCUT2D eigenvalue weighted by Gasteiger charge is -2.17. The van der Waals surface area contributed by atoms with Crippen molar-refractivity contribution < 1.29 is 28.7 Å². The van der Waals surface area contributed by atoms with Gasteiger partial charge in [0.2, 0.25) is 11.8 Å². The van der Waals surface area contributed by atoms with Crippen LogP contribution in [0, 0.1) is 23.7 Å².